The van der Waals surface area contributed by atoms with Gasteiger partial charge in [-0.2, -0.15) is 0 Å². The van der Waals surface area contributed by atoms with Gasteiger partial charge in [-0.1, -0.05) is 13.8 Å². The Hall–Kier alpha value is -1.10. The number of amides is 1. The van der Waals surface area contributed by atoms with Crippen LogP contribution >= 0.6 is 0 Å². The zero-order chi connectivity index (χ0) is 15.0. The summed E-state index contributed by atoms with van der Waals surface area (Å²) in [6.07, 6.45) is 3.13. The van der Waals surface area contributed by atoms with Crippen molar-refractivity contribution in [2.75, 3.05) is 26.8 Å². The van der Waals surface area contributed by atoms with Gasteiger partial charge in [-0.25, -0.2) is 0 Å². The van der Waals surface area contributed by atoms with Crippen molar-refractivity contribution in [3.63, 3.8) is 0 Å². The first kappa shape index (κ1) is 15.3. The average Bonchev–Trinajstić information content (AvgIpc) is 3.04. The molecule has 0 aromatic heterocycles. The van der Waals surface area contributed by atoms with Gasteiger partial charge in [0, 0.05) is 26.8 Å². The summed E-state index contributed by atoms with van der Waals surface area (Å²) in [7, 11) is 1.64. The molecule has 0 aromatic carbocycles. The van der Waals surface area contributed by atoms with Gasteiger partial charge in [0.1, 0.15) is 0 Å². The van der Waals surface area contributed by atoms with E-state index < -0.39 is 11.4 Å². The minimum atomic E-state index is -0.774. The van der Waals surface area contributed by atoms with Crippen LogP contribution in [-0.2, 0) is 14.3 Å². The molecule has 1 atom stereocenters. The van der Waals surface area contributed by atoms with E-state index in [0.29, 0.717) is 26.1 Å². The number of methoxy groups -OCH3 is 1. The lowest BCUT2D eigenvalue weighted by Crippen LogP contribution is -2.42. The first-order valence-electron chi connectivity index (χ1n) is 7.40. The molecule has 20 heavy (non-hydrogen) atoms. The number of carboxylic acids is 1. The van der Waals surface area contributed by atoms with Gasteiger partial charge in [-0.05, 0) is 31.6 Å². The van der Waals surface area contributed by atoms with Crippen LogP contribution in [-0.4, -0.2) is 48.7 Å². The Morgan fingerprint density at radius 1 is 1.30 bits per heavy atom. The second-order valence-electron chi connectivity index (χ2n) is 6.62. The molecule has 5 heteroatoms. The highest BCUT2D eigenvalue weighted by Crippen LogP contribution is 2.51. The molecule has 1 amide bonds. The maximum absolute atomic E-state index is 12.6. The third kappa shape index (κ3) is 2.43. The number of carbonyl (C=O) groups excluding carboxylic acids is 1. The molecule has 0 bridgehead atoms. The van der Waals surface area contributed by atoms with E-state index in [9.17, 15) is 14.7 Å². The van der Waals surface area contributed by atoms with E-state index in [1.165, 1.54) is 0 Å². The molecule has 5 nitrogen and oxygen atoms in total. The smallest absolute Gasteiger partial charge is 0.311 e. The molecule has 1 N–H and O–H groups in total. The van der Waals surface area contributed by atoms with Crippen LogP contribution < -0.4 is 0 Å². The quantitative estimate of drug-likeness (QED) is 0.806. The topological polar surface area (TPSA) is 66.8 Å². The molecular weight excluding hydrogens is 258 g/mol. The van der Waals surface area contributed by atoms with E-state index in [-0.39, 0.29) is 17.2 Å². The molecule has 2 fully saturated rings. The molecule has 1 saturated carbocycles. The van der Waals surface area contributed by atoms with Crippen LogP contribution in [0.4, 0.5) is 0 Å². The highest BCUT2D eigenvalue weighted by atomic mass is 16.5. The molecule has 1 unspecified atom stereocenters. The lowest BCUT2D eigenvalue weighted by molar-refractivity contribution is -0.151. The van der Waals surface area contributed by atoms with Gasteiger partial charge >= 0.3 is 5.97 Å². The molecule has 0 spiro atoms. The Balaban J connectivity index is 2.05. The number of hydrogen-bond donors (Lipinski definition) is 1. The zero-order valence-corrected chi connectivity index (χ0v) is 12.6. The van der Waals surface area contributed by atoms with Crippen LogP contribution in [0.25, 0.3) is 0 Å². The van der Waals surface area contributed by atoms with Crippen molar-refractivity contribution in [1.29, 1.82) is 0 Å². The lowest BCUT2D eigenvalue weighted by atomic mass is 9.76. The van der Waals surface area contributed by atoms with Gasteiger partial charge < -0.3 is 14.7 Å². The van der Waals surface area contributed by atoms with Crippen molar-refractivity contribution in [3.8, 4) is 0 Å². The van der Waals surface area contributed by atoms with Crippen molar-refractivity contribution < 1.29 is 19.4 Å². The number of carbonyl (C=O) groups is 2. The molecule has 1 aliphatic heterocycles. The minimum absolute atomic E-state index is 0.0342. The van der Waals surface area contributed by atoms with Gasteiger partial charge in [0.25, 0.3) is 0 Å². The third-order valence-corrected chi connectivity index (χ3v) is 5.21. The van der Waals surface area contributed by atoms with Crippen LogP contribution in [0.15, 0.2) is 0 Å². The highest BCUT2D eigenvalue weighted by molar-refractivity contribution is 5.87. The fourth-order valence-electron chi connectivity index (χ4n) is 3.25. The van der Waals surface area contributed by atoms with E-state index >= 15 is 0 Å². The summed E-state index contributed by atoms with van der Waals surface area (Å²) in [4.78, 5) is 26.0. The van der Waals surface area contributed by atoms with E-state index in [1.54, 1.807) is 12.0 Å². The van der Waals surface area contributed by atoms with Gasteiger partial charge in [0.2, 0.25) is 5.91 Å². The fraction of sp³-hybridized carbons (Fsp3) is 0.867. The SMILES string of the molecule is COCCC1(C(=O)N2CCC(C(=O)O)(C(C)C)C2)CC1. The Kier molecular flexibility index (Phi) is 4.09. The van der Waals surface area contributed by atoms with E-state index in [2.05, 4.69) is 0 Å². The normalized spacial score (nSPS) is 27.9. The number of rotatable bonds is 6. The fourth-order valence-corrected chi connectivity index (χ4v) is 3.25. The van der Waals surface area contributed by atoms with Crippen molar-refractivity contribution >= 4 is 11.9 Å². The Morgan fingerprint density at radius 3 is 2.35 bits per heavy atom. The predicted molar refractivity (Wildman–Crippen MR) is 74.3 cm³/mol. The molecule has 2 aliphatic rings. The molecule has 0 radical (unpaired) electrons. The first-order valence-corrected chi connectivity index (χ1v) is 7.40. The number of ether oxygens (including phenoxy) is 1. The molecule has 2 rings (SSSR count). The molecule has 0 aromatic rings. The molecule has 1 aliphatic carbocycles. The van der Waals surface area contributed by atoms with E-state index in [1.807, 2.05) is 13.8 Å². The summed E-state index contributed by atoms with van der Waals surface area (Å²) in [5, 5.41) is 9.54. The zero-order valence-electron chi connectivity index (χ0n) is 12.6. The second kappa shape index (κ2) is 5.35. The van der Waals surface area contributed by atoms with Crippen LogP contribution in [0.2, 0.25) is 0 Å². The van der Waals surface area contributed by atoms with Gasteiger partial charge in [0.05, 0.1) is 10.8 Å². The van der Waals surface area contributed by atoms with Crippen molar-refractivity contribution in [2.45, 2.75) is 39.5 Å². The summed E-state index contributed by atoms with van der Waals surface area (Å²) in [5.74, 6) is -0.602. The van der Waals surface area contributed by atoms with E-state index in [0.717, 1.165) is 19.3 Å². The highest BCUT2D eigenvalue weighted by Gasteiger charge is 2.55. The molecule has 1 saturated heterocycles. The van der Waals surface area contributed by atoms with Crippen LogP contribution in [0.3, 0.4) is 0 Å². The van der Waals surface area contributed by atoms with Gasteiger partial charge in [-0.3, -0.25) is 9.59 Å². The van der Waals surface area contributed by atoms with Gasteiger partial charge in [0.15, 0.2) is 0 Å². The van der Waals surface area contributed by atoms with E-state index in [4.69, 9.17) is 4.74 Å². The summed E-state index contributed by atoms with van der Waals surface area (Å²) in [6.45, 7) is 5.37. The molecule has 1 heterocycles. The number of aliphatic carboxylic acids is 1. The maximum Gasteiger partial charge on any atom is 0.311 e. The second-order valence-corrected chi connectivity index (χ2v) is 6.62. The van der Waals surface area contributed by atoms with Crippen LogP contribution in [0.1, 0.15) is 39.5 Å². The lowest BCUT2D eigenvalue weighted by Gasteiger charge is -2.30. The summed E-state index contributed by atoms with van der Waals surface area (Å²) in [5.41, 5.74) is -1.03. The first-order chi connectivity index (χ1) is 9.38. The summed E-state index contributed by atoms with van der Waals surface area (Å²) < 4.78 is 5.08. The Morgan fingerprint density at radius 2 is 1.95 bits per heavy atom. The van der Waals surface area contributed by atoms with Crippen molar-refractivity contribution in [2.24, 2.45) is 16.7 Å². The number of likely N-dealkylation sites (tertiary alicyclic amines) is 1. The Bertz CT molecular complexity index is 403. The Labute approximate surface area is 120 Å². The minimum Gasteiger partial charge on any atom is -0.481 e. The molecule has 114 valence electrons. The largest absolute Gasteiger partial charge is 0.481 e. The van der Waals surface area contributed by atoms with Crippen molar-refractivity contribution in [3.05, 3.63) is 0 Å². The standard InChI is InChI=1S/C15H25NO4/c1-11(2)15(13(18)19)6-8-16(10-15)12(17)14(4-5-14)7-9-20-3/h11H,4-10H2,1-3H3,(H,18,19). The average molecular weight is 283 g/mol. The van der Waals surface area contributed by atoms with Crippen LogP contribution in [0.5, 0.6) is 0 Å². The predicted octanol–water partition coefficient (Wildman–Crippen LogP) is 1.76. The summed E-state index contributed by atoms with van der Waals surface area (Å²) >= 11 is 0. The molecular formula is C15H25NO4. The maximum atomic E-state index is 12.6. The number of nitrogens with zero attached hydrogens (tertiary/aromatic N) is 1. The monoisotopic (exact) mass is 283 g/mol. The number of carboxylic acid groups (broad SMARTS) is 1. The van der Waals surface area contributed by atoms with Crippen molar-refractivity contribution in [1.82, 2.24) is 4.90 Å². The number of hydrogen-bond acceptors (Lipinski definition) is 3. The van der Waals surface area contributed by atoms with Crippen LogP contribution in [0, 0.1) is 16.7 Å². The van der Waals surface area contributed by atoms with Gasteiger partial charge in [-0.15, -0.1) is 0 Å². The summed E-state index contributed by atoms with van der Waals surface area (Å²) in [6, 6.07) is 0. The third-order valence-electron chi connectivity index (χ3n) is 5.21.